The monoisotopic (exact) mass is 251 g/mol. The Morgan fingerprint density at radius 3 is 2.31 bits per heavy atom. The predicted molar refractivity (Wildman–Crippen MR) is 64.4 cm³/mol. The fourth-order valence-electron chi connectivity index (χ4n) is 1.01. The highest BCUT2D eigenvalue weighted by molar-refractivity contribution is 7.92. The van der Waals surface area contributed by atoms with Crippen LogP contribution in [0.2, 0.25) is 0 Å². The van der Waals surface area contributed by atoms with E-state index in [1.807, 2.05) is 0 Å². The van der Waals surface area contributed by atoms with E-state index in [1.54, 1.807) is 32.7 Å². The molecule has 1 atom stereocenters. The lowest BCUT2D eigenvalue weighted by Gasteiger charge is -2.23. The number of hydrogen-bond acceptors (Lipinski definition) is 5. The highest BCUT2D eigenvalue weighted by Crippen LogP contribution is 2.03. The quantitative estimate of drug-likeness (QED) is 0.297. The maximum atomic E-state index is 11.6. The number of rotatable bonds is 6. The smallest absolute Gasteiger partial charge is 0.156 e. The van der Waals surface area contributed by atoms with Crippen molar-refractivity contribution in [3.63, 3.8) is 0 Å². The Morgan fingerprint density at radius 1 is 1.44 bits per heavy atom. The first-order valence-corrected chi connectivity index (χ1v) is 6.83. The van der Waals surface area contributed by atoms with Gasteiger partial charge in [0, 0.05) is 6.54 Å². The summed E-state index contributed by atoms with van der Waals surface area (Å²) < 4.78 is 23.1. The number of hydrogen-bond donors (Lipinski definition) is 2. The standard InChI is InChI=1S/C9H21N3O3S/c1-7(2)16(14,15)6-5-12(4)8(3)9(10)11-13/h7-8,13H,5-6H2,1-4H3,(H2,10,11). The Labute approximate surface area is 97.0 Å². The van der Waals surface area contributed by atoms with Gasteiger partial charge in [0.15, 0.2) is 15.7 Å². The SMILES string of the molecule is CC(C(N)=NO)N(C)CCS(=O)(=O)C(C)C. The van der Waals surface area contributed by atoms with Gasteiger partial charge in [-0.05, 0) is 27.8 Å². The Morgan fingerprint density at radius 2 is 1.94 bits per heavy atom. The molecule has 0 fully saturated rings. The number of sulfone groups is 1. The summed E-state index contributed by atoms with van der Waals surface area (Å²) in [6, 6.07) is -0.285. The minimum atomic E-state index is -3.04. The molecule has 16 heavy (non-hydrogen) atoms. The van der Waals surface area contributed by atoms with Crippen molar-refractivity contribution in [3.05, 3.63) is 0 Å². The van der Waals surface area contributed by atoms with Gasteiger partial charge in [-0.1, -0.05) is 5.16 Å². The lowest BCUT2D eigenvalue weighted by Crippen LogP contribution is -2.42. The second-order valence-corrected chi connectivity index (χ2v) is 6.77. The van der Waals surface area contributed by atoms with E-state index in [4.69, 9.17) is 10.9 Å². The van der Waals surface area contributed by atoms with E-state index in [1.165, 1.54) is 0 Å². The molecule has 0 amide bonds. The molecule has 96 valence electrons. The number of nitrogens with two attached hydrogens (primary N) is 1. The van der Waals surface area contributed by atoms with Crippen LogP contribution in [0.1, 0.15) is 20.8 Å². The van der Waals surface area contributed by atoms with Gasteiger partial charge in [-0.3, -0.25) is 4.90 Å². The van der Waals surface area contributed by atoms with Gasteiger partial charge in [0.2, 0.25) is 0 Å². The summed E-state index contributed by atoms with van der Waals surface area (Å²) in [5.41, 5.74) is 5.43. The first kappa shape index (κ1) is 15.2. The van der Waals surface area contributed by atoms with E-state index in [9.17, 15) is 8.42 Å². The molecule has 0 aliphatic rings. The number of oxime groups is 1. The molecule has 0 aromatic carbocycles. The maximum absolute atomic E-state index is 11.6. The second-order valence-electron chi connectivity index (χ2n) is 4.10. The van der Waals surface area contributed by atoms with Crippen LogP contribution in [0.25, 0.3) is 0 Å². The van der Waals surface area contributed by atoms with Crippen LogP contribution < -0.4 is 5.73 Å². The summed E-state index contributed by atoms with van der Waals surface area (Å²) in [6.45, 7) is 5.42. The van der Waals surface area contributed by atoms with Crippen molar-refractivity contribution in [3.8, 4) is 0 Å². The van der Waals surface area contributed by atoms with Crippen LogP contribution in [-0.4, -0.2) is 55.0 Å². The fourth-order valence-corrected chi connectivity index (χ4v) is 2.02. The van der Waals surface area contributed by atoms with Crippen molar-refractivity contribution < 1.29 is 13.6 Å². The Bertz CT molecular complexity index is 338. The number of amidine groups is 1. The molecule has 0 aliphatic carbocycles. The van der Waals surface area contributed by atoms with Gasteiger partial charge < -0.3 is 10.9 Å². The average Bonchev–Trinajstić information content (AvgIpc) is 2.23. The van der Waals surface area contributed by atoms with Crippen LogP contribution in [-0.2, 0) is 9.84 Å². The van der Waals surface area contributed by atoms with Crippen molar-refractivity contribution >= 4 is 15.7 Å². The molecule has 0 radical (unpaired) electrons. The summed E-state index contributed by atoms with van der Waals surface area (Å²) in [5, 5.41) is 11.0. The van der Waals surface area contributed by atoms with Gasteiger partial charge in [0.25, 0.3) is 0 Å². The van der Waals surface area contributed by atoms with Crippen molar-refractivity contribution in [1.82, 2.24) is 4.90 Å². The third kappa shape index (κ3) is 4.36. The summed E-state index contributed by atoms with van der Waals surface area (Å²) in [7, 11) is -1.31. The lowest BCUT2D eigenvalue weighted by atomic mass is 10.3. The summed E-state index contributed by atoms with van der Waals surface area (Å²) >= 11 is 0. The summed E-state index contributed by atoms with van der Waals surface area (Å²) in [6.07, 6.45) is 0. The predicted octanol–water partition coefficient (Wildman–Crippen LogP) is -0.124. The van der Waals surface area contributed by atoms with Gasteiger partial charge in [-0.2, -0.15) is 0 Å². The topological polar surface area (TPSA) is 96.0 Å². The van der Waals surface area contributed by atoms with Crippen molar-refractivity contribution in [1.29, 1.82) is 0 Å². The largest absolute Gasteiger partial charge is 0.409 e. The first-order chi connectivity index (χ1) is 7.22. The molecule has 0 saturated heterocycles. The Balaban J connectivity index is 4.34. The summed E-state index contributed by atoms with van der Waals surface area (Å²) in [4.78, 5) is 1.73. The molecule has 0 aliphatic heterocycles. The molecule has 0 aromatic heterocycles. The van der Waals surface area contributed by atoms with Crippen LogP contribution in [0, 0.1) is 0 Å². The Hall–Kier alpha value is -0.820. The van der Waals surface area contributed by atoms with E-state index >= 15 is 0 Å². The minimum Gasteiger partial charge on any atom is -0.409 e. The zero-order valence-corrected chi connectivity index (χ0v) is 11.0. The van der Waals surface area contributed by atoms with Crippen molar-refractivity contribution in [2.24, 2.45) is 10.9 Å². The molecular weight excluding hydrogens is 230 g/mol. The molecule has 0 bridgehead atoms. The first-order valence-electron chi connectivity index (χ1n) is 5.11. The number of likely N-dealkylation sites (N-methyl/N-ethyl adjacent to an activating group) is 1. The van der Waals surface area contributed by atoms with Crippen LogP contribution in [0.15, 0.2) is 5.16 Å². The number of nitrogens with zero attached hydrogens (tertiary/aromatic N) is 2. The van der Waals surface area contributed by atoms with Gasteiger partial charge in [0.05, 0.1) is 17.0 Å². The van der Waals surface area contributed by atoms with Gasteiger partial charge in [0.1, 0.15) is 0 Å². The fraction of sp³-hybridized carbons (Fsp3) is 0.889. The van der Waals surface area contributed by atoms with Crippen LogP contribution >= 0.6 is 0 Å². The third-order valence-corrected chi connectivity index (χ3v) is 4.84. The van der Waals surface area contributed by atoms with E-state index < -0.39 is 9.84 Å². The minimum absolute atomic E-state index is 0.0736. The van der Waals surface area contributed by atoms with E-state index in [0.29, 0.717) is 6.54 Å². The molecule has 0 spiro atoms. The van der Waals surface area contributed by atoms with E-state index in [2.05, 4.69) is 5.16 Å². The van der Waals surface area contributed by atoms with Crippen LogP contribution in [0.3, 0.4) is 0 Å². The second kappa shape index (κ2) is 6.05. The van der Waals surface area contributed by atoms with Crippen molar-refractivity contribution in [2.75, 3.05) is 19.3 Å². The molecule has 1 unspecified atom stereocenters. The zero-order valence-electron chi connectivity index (χ0n) is 10.2. The van der Waals surface area contributed by atoms with Crippen LogP contribution in [0.5, 0.6) is 0 Å². The van der Waals surface area contributed by atoms with Gasteiger partial charge >= 0.3 is 0 Å². The highest BCUT2D eigenvalue weighted by Gasteiger charge is 2.19. The molecule has 0 heterocycles. The van der Waals surface area contributed by atoms with Crippen molar-refractivity contribution in [2.45, 2.75) is 32.1 Å². The molecule has 0 saturated carbocycles. The lowest BCUT2D eigenvalue weighted by molar-refractivity contribution is 0.292. The molecule has 0 rings (SSSR count). The molecule has 0 aromatic rings. The Kier molecular flexibility index (Phi) is 5.74. The normalized spacial score (nSPS) is 15.8. The average molecular weight is 251 g/mol. The van der Waals surface area contributed by atoms with E-state index in [0.717, 1.165) is 0 Å². The van der Waals surface area contributed by atoms with E-state index in [-0.39, 0.29) is 22.9 Å². The van der Waals surface area contributed by atoms with Gasteiger partial charge in [-0.15, -0.1) is 0 Å². The third-order valence-electron chi connectivity index (χ3n) is 2.65. The molecular formula is C9H21N3O3S. The van der Waals surface area contributed by atoms with Crippen LogP contribution in [0.4, 0.5) is 0 Å². The zero-order chi connectivity index (χ0) is 12.9. The summed E-state index contributed by atoms with van der Waals surface area (Å²) in [5.74, 6) is 0.147. The van der Waals surface area contributed by atoms with Gasteiger partial charge in [-0.25, -0.2) is 8.42 Å². The molecule has 6 nitrogen and oxygen atoms in total. The molecule has 3 N–H and O–H groups in total. The highest BCUT2D eigenvalue weighted by atomic mass is 32.2. The molecule has 7 heteroatoms. The maximum Gasteiger partial charge on any atom is 0.156 e.